The first-order valence-corrected chi connectivity index (χ1v) is 11.2. The smallest absolute Gasteiger partial charge is 0.300 e. The lowest BCUT2D eigenvalue weighted by atomic mass is 9.95. The average molecular weight is 469 g/mol. The number of Topliss-reactive ketones (excluding diaryl/α,β-unsaturated/α-hetero) is 1. The van der Waals surface area contributed by atoms with Crippen LogP contribution in [0.4, 0.5) is 5.69 Å². The zero-order valence-corrected chi connectivity index (χ0v) is 19.4. The second-order valence-corrected chi connectivity index (χ2v) is 7.97. The van der Waals surface area contributed by atoms with Gasteiger partial charge < -0.3 is 14.6 Å². The minimum Gasteiger partial charge on any atom is -0.507 e. The molecule has 0 bridgehead atoms. The van der Waals surface area contributed by atoms with Crippen molar-refractivity contribution in [3.8, 4) is 17.6 Å². The van der Waals surface area contributed by atoms with Crippen LogP contribution < -0.4 is 14.4 Å². The number of ketones is 1. The van der Waals surface area contributed by atoms with Gasteiger partial charge in [-0.2, -0.15) is 5.26 Å². The fourth-order valence-electron chi connectivity index (χ4n) is 3.98. The fourth-order valence-corrected chi connectivity index (χ4v) is 3.98. The van der Waals surface area contributed by atoms with E-state index in [1.54, 1.807) is 79.9 Å². The number of aliphatic hydroxyl groups excluding tert-OH is 1. The summed E-state index contributed by atoms with van der Waals surface area (Å²) in [5.74, 6) is -0.568. The highest BCUT2D eigenvalue weighted by Gasteiger charge is 2.47. The molecule has 0 aliphatic carbocycles. The second-order valence-electron chi connectivity index (χ2n) is 7.97. The van der Waals surface area contributed by atoms with E-state index in [4.69, 9.17) is 14.7 Å². The van der Waals surface area contributed by atoms with Gasteiger partial charge in [-0.25, -0.2) is 0 Å². The highest BCUT2D eigenvalue weighted by atomic mass is 16.5. The van der Waals surface area contributed by atoms with Crippen molar-refractivity contribution in [2.45, 2.75) is 19.4 Å². The number of carbonyl (C=O) groups excluding carboxylic acids is 2. The van der Waals surface area contributed by atoms with Gasteiger partial charge in [0.05, 0.1) is 37.0 Å². The summed E-state index contributed by atoms with van der Waals surface area (Å²) < 4.78 is 10.8. The first-order valence-electron chi connectivity index (χ1n) is 11.2. The van der Waals surface area contributed by atoms with Crippen molar-refractivity contribution < 1.29 is 24.2 Å². The summed E-state index contributed by atoms with van der Waals surface area (Å²) >= 11 is 0. The molecule has 1 fully saturated rings. The zero-order chi connectivity index (χ0) is 24.9. The molecule has 0 spiro atoms. The van der Waals surface area contributed by atoms with Gasteiger partial charge in [-0.05, 0) is 72.6 Å². The highest BCUT2D eigenvalue weighted by Crippen LogP contribution is 2.42. The van der Waals surface area contributed by atoms with Crippen molar-refractivity contribution in [3.63, 3.8) is 0 Å². The Morgan fingerprint density at radius 3 is 2.17 bits per heavy atom. The predicted octanol–water partition coefficient (Wildman–Crippen LogP) is 4.98. The number of amides is 1. The quantitative estimate of drug-likeness (QED) is 0.298. The maximum absolute atomic E-state index is 13.2. The van der Waals surface area contributed by atoms with Crippen LogP contribution in [0.3, 0.4) is 0 Å². The molecule has 4 rings (SSSR count). The Kier molecular flexibility index (Phi) is 6.83. The molecule has 3 aromatic rings. The van der Waals surface area contributed by atoms with Crippen molar-refractivity contribution >= 4 is 23.1 Å². The lowest BCUT2D eigenvalue weighted by Crippen LogP contribution is -2.29. The van der Waals surface area contributed by atoms with Crippen molar-refractivity contribution in [3.05, 3.63) is 95.1 Å². The minimum absolute atomic E-state index is 0.0215. The summed E-state index contributed by atoms with van der Waals surface area (Å²) in [7, 11) is 1.55. The van der Waals surface area contributed by atoms with Crippen molar-refractivity contribution in [2.24, 2.45) is 0 Å². The Balaban J connectivity index is 1.84. The molecule has 176 valence electrons. The van der Waals surface area contributed by atoms with Gasteiger partial charge in [0, 0.05) is 11.3 Å². The van der Waals surface area contributed by atoms with E-state index >= 15 is 0 Å². The van der Waals surface area contributed by atoms with Gasteiger partial charge in [0.2, 0.25) is 0 Å². The number of benzene rings is 3. The summed E-state index contributed by atoms with van der Waals surface area (Å²) in [6.07, 6.45) is 0.863. The van der Waals surface area contributed by atoms with Crippen LogP contribution in [0.5, 0.6) is 11.5 Å². The molecule has 0 radical (unpaired) electrons. The molecule has 1 N–H and O–H groups in total. The van der Waals surface area contributed by atoms with E-state index in [0.29, 0.717) is 40.5 Å². The van der Waals surface area contributed by atoms with Gasteiger partial charge >= 0.3 is 0 Å². The number of hydrogen-bond donors (Lipinski definition) is 1. The van der Waals surface area contributed by atoms with Crippen LogP contribution in [0.25, 0.3) is 5.76 Å². The minimum atomic E-state index is -0.871. The normalized spacial score (nSPS) is 16.7. The predicted molar refractivity (Wildman–Crippen MR) is 131 cm³/mol. The van der Waals surface area contributed by atoms with Crippen LogP contribution in [-0.4, -0.2) is 30.5 Å². The number of hydrogen-bond acceptors (Lipinski definition) is 6. The number of rotatable bonds is 7. The average Bonchev–Trinajstić information content (AvgIpc) is 3.17. The molecule has 0 saturated carbocycles. The summed E-state index contributed by atoms with van der Waals surface area (Å²) in [6, 6.07) is 21.2. The highest BCUT2D eigenvalue weighted by molar-refractivity contribution is 6.51. The maximum atomic E-state index is 13.2. The first kappa shape index (κ1) is 23.6. The van der Waals surface area contributed by atoms with Gasteiger partial charge in [0.15, 0.2) is 0 Å². The van der Waals surface area contributed by atoms with Crippen LogP contribution in [0, 0.1) is 11.3 Å². The van der Waals surface area contributed by atoms with Crippen LogP contribution in [0.15, 0.2) is 78.4 Å². The number of anilines is 1. The molecule has 3 aromatic carbocycles. The van der Waals surface area contributed by atoms with E-state index in [1.807, 2.05) is 13.0 Å². The third-order valence-electron chi connectivity index (χ3n) is 5.75. The molecular formula is C28H24N2O5. The molecule has 1 unspecified atom stereocenters. The van der Waals surface area contributed by atoms with Crippen LogP contribution in [0.1, 0.15) is 36.1 Å². The number of methoxy groups -OCH3 is 1. The van der Waals surface area contributed by atoms with Crippen molar-refractivity contribution in [1.82, 2.24) is 0 Å². The maximum Gasteiger partial charge on any atom is 0.300 e. The zero-order valence-electron chi connectivity index (χ0n) is 19.4. The number of ether oxygens (including phenoxy) is 2. The molecular weight excluding hydrogens is 444 g/mol. The van der Waals surface area contributed by atoms with E-state index < -0.39 is 17.7 Å². The van der Waals surface area contributed by atoms with Gasteiger partial charge in [0.25, 0.3) is 11.7 Å². The number of carbonyl (C=O) groups is 2. The molecule has 1 heterocycles. The Labute approximate surface area is 203 Å². The first-order chi connectivity index (χ1) is 17.0. The largest absolute Gasteiger partial charge is 0.507 e. The fraction of sp³-hybridized carbons (Fsp3) is 0.179. The molecule has 1 aliphatic heterocycles. The standard InChI is InChI=1S/C28H24N2O5/c1-3-16-35-23-14-8-20(9-15-23)26(31)24-25(19-6-12-22(34-2)13-7-19)30(28(33)27(24)32)21-10-4-18(17-29)5-11-21/h4-15,25,31H,3,16H2,1-2H3/b26-24+. The SMILES string of the molecule is CCCOc1ccc(/C(O)=C2\C(=O)C(=O)N(c3ccc(C#N)cc3)C2c2ccc(OC)cc2)cc1. The monoisotopic (exact) mass is 468 g/mol. The number of nitrogens with zero attached hydrogens (tertiary/aromatic N) is 2. The lowest BCUT2D eigenvalue weighted by molar-refractivity contribution is -0.132. The molecule has 1 atom stereocenters. The van der Waals surface area contributed by atoms with Crippen LogP contribution in [0.2, 0.25) is 0 Å². The third-order valence-corrected chi connectivity index (χ3v) is 5.75. The second kappa shape index (κ2) is 10.1. The lowest BCUT2D eigenvalue weighted by Gasteiger charge is -2.25. The van der Waals surface area contributed by atoms with Crippen molar-refractivity contribution in [2.75, 3.05) is 18.6 Å². The molecule has 0 aromatic heterocycles. The molecule has 7 heteroatoms. The summed E-state index contributed by atoms with van der Waals surface area (Å²) in [5, 5.41) is 20.4. The summed E-state index contributed by atoms with van der Waals surface area (Å²) in [6.45, 7) is 2.57. The van der Waals surface area contributed by atoms with Crippen LogP contribution >= 0.6 is 0 Å². The molecule has 7 nitrogen and oxygen atoms in total. The summed E-state index contributed by atoms with van der Waals surface area (Å²) in [4.78, 5) is 27.8. The Bertz CT molecular complexity index is 1300. The van der Waals surface area contributed by atoms with Gasteiger partial charge in [-0.1, -0.05) is 19.1 Å². The van der Waals surface area contributed by atoms with Gasteiger partial charge in [-0.15, -0.1) is 0 Å². The van der Waals surface area contributed by atoms with E-state index in [9.17, 15) is 14.7 Å². The number of nitriles is 1. The number of aliphatic hydroxyl groups is 1. The summed E-state index contributed by atoms with van der Waals surface area (Å²) in [5.41, 5.74) is 1.86. The van der Waals surface area contributed by atoms with E-state index in [1.165, 1.54) is 4.90 Å². The topological polar surface area (TPSA) is 99.9 Å². The molecule has 1 aliphatic rings. The van der Waals surface area contributed by atoms with Gasteiger partial charge in [-0.3, -0.25) is 14.5 Å². The van der Waals surface area contributed by atoms with E-state index in [2.05, 4.69) is 0 Å². The third kappa shape index (κ3) is 4.59. The molecule has 1 saturated heterocycles. The molecule has 1 amide bonds. The Morgan fingerprint density at radius 1 is 0.971 bits per heavy atom. The van der Waals surface area contributed by atoms with E-state index in [0.717, 1.165) is 6.42 Å². The molecule has 35 heavy (non-hydrogen) atoms. The van der Waals surface area contributed by atoms with E-state index in [-0.39, 0.29) is 11.3 Å². The Hall–Kier alpha value is -4.57. The van der Waals surface area contributed by atoms with Gasteiger partial charge in [0.1, 0.15) is 17.3 Å². The van der Waals surface area contributed by atoms with Crippen LogP contribution in [-0.2, 0) is 9.59 Å². The van der Waals surface area contributed by atoms with Crippen molar-refractivity contribution in [1.29, 1.82) is 5.26 Å². The Morgan fingerprint density at radius 2 is 1.60 bits per heavy atom.